The quantitative estimate of drug-likeness (QED) is 0.815. The highest BCUT2D eigenvalue weighted by Crippen LogP contribution is 2.50. The van der Waals surface area contributed by atoms with E-state index in [2.05, 4.69) is 18.7 Å². The lowest BCUT2D eigenvalue weighted by molar-refractivity contribution is -0.0257. The smallest absolute Gasteiger partial charge is 0.0337 e. The van der Waals surface area contributed by atoms with Gasteiger partial charge in [-0.2, -0.15) is 0 Å². The van der Waals surface area contributed by atoms with E-state index < -0.39 is 0 Å². The maximum absolute atomic E-state index is 6.12. The van der Waals surface area contributed by atoms with Gasteiger partial charge >= 0.3 is 0 Å². The number of nitrogens with two attached hydrogens (primary N) is 1. The van der Waals surface area contributed by atoms with E-state index in [1.807, 2.05) is 0 Å². The fourth-order valence-electron chi connectivity index (χ4n) is 4.56. The average molecular weight is 236 g/mol. The summed E-state index contributed by atoms with van der Waals surface area (Å²) >= 11 is 0. The predicted octanol–water partition coefficient (Wildman–Crippen LogP) is 2.48. The molecule has 0 spiro atoms. The van der Waals surface area contributed by atoms with Crippen molar-refractivity contribution >= 4 is 0 Å². The molecule has 2 aliphatic carbocycles. The van der Waals surface area contributed by atoms with Crippen molar-refractivity contribution in [3.05, 3.63) is 0 Å². The number of fused-ring (bicyclic) bond motifs is 1. The fourth-order valence-corrected chi connectivity index (χ4v) is 4.56. The molecule has 1 heterocycles. The molecule has 17 heavy (non-hydrogen) atoms. The Hall–Kier alpha value is -0.0800. The van der Waals surface area contributed by atoms with E-state index in [4.69, 9.17) is 5.73 Å². The molecule has 0 radical (unpaired) electrons. The van der Waals surface area contributed by atoms with Gasteiger partial charge in [-0.3, -0.25) is 4.90 Å². The number of hydrogen-bond acceptors (Lipinski definition) is 2. The first-order valence-corrected chi connectivity index (χ1v) is 7.60. The lowest BCUT2D eigenvalue weighted by atomic mass is 9.63. The van der Waals surface area contributed by atoms with Gasteiger partial charge in [-0.1, -0.05) is 20.3 Å². The normalized spacial score (nSPS) is 46.2. The van der Waals surface area contributed by atoms with Crippen molar-refractivity contribution in [2.45, 2.75) is 51.5 Å². The molecule has 1 saturated heterocycles. The summed E-state index contributed by atoms with van der Waals surface area (Å²) in [6, 6.07) is 0. The molecule has 0 bridgehead atoms. The summed E-state index contributed by atoms with van der Waals surface area (Å²) in [6.45, 7) is 8.32. The summed E-state index contributed by atoms with van der Waals surface area (Å²) in [4.78, 5) is 2.78. The van der Waals surface area contributed by atoms with Gasteiger partial charge in [0.15, 0.2) is 0 Å². The molecule has 2 nitrogen and oxygen atoms in total. The third-order valence-corrected chi connectivity index (χ3v) is 6.00. The van der Waals surface area contributed by atoms with Gasteiger partial charge in [0, 0.05) is 25.2 Å². The van der Waals surface area contributed by atoms with Crippen LogP contribution in [0.15, 0.2) is 0 Å². The second-order valence-corrected chi connectivity index (χ2v) is 7.20. The van der Waals surface area contributed by atoms with Crippen LogP contribution in [0.5, 0.6) is 0 Å². The first kappa shape index (κ1) is 12.0. The van der Waals surface area contributed by atoms with E-state index in [1.54, 1.807) is 0 Å². The van der Waals surface area contributed by atoms with Crippen LogP contribution in [0, 0.1) is 23.7 Å². The molecular formula is C15H28N2. The van der Waals surface area contributed by atoms with Crippen LogP contribution in [0.1, 0.15) is 46.0 Å². The predicted molar refractivity (Wildman–Crippen MR) is 71.8 cm³/mol. The zero-order valence-electron chi connectivity index (χ0n) is 11.5. The highest BCUT2D eigenvalue weighted by molar-refractivity contribution is 5.07. The largest absolute Gasteiger partial charge is 0.329 e. The molecule has 3 aliphatic rings. The minimum Gasteiger partial charge on any atom is -0.329 e. The summed E-state index contributed by atoms with van der Waals surface area (Å²) in [5, 5.41) is 0. The maximum Gasteiger partial charge on any atom is 0.0337 e. The molecule has 98 valence electrons. The van der Waals surface area contributed by atoms with Crippen LogP contribution in [0.2, 0.25) is 0 Å². The Labute approximate surface area is 106 Å². The van der Waals surface area contributed by atoms with E-state index >= 15 is 0 Å². The summed E-state index contributed by atoms with van der Waals surface area (Å²) in [6.07, 6.45) is 7.17. The molecule has 2 heteroatoms. The number of likely N-dealkylation sites (tertiary alicyclic amines) is 1. The Kier molecular flexibility index (Phi) is 2.99. The minimum atomic E-state index is 0.402. The van der Waals surface area contributed by atoms with E-state index in [0.717, 1.165) is 30.2 Å². The van der Waals surface area contributed by atoms with Crippen molar-refractivity contribution in [3.63, 3.8) is 0 Å². The molecule has 2 N–H and O–H groups in total. The molecule has 2 atom stereocenters. The van der Waals surface area contributed by atoms with Crippen LogP contribution >= 0.6 is 0 Å². The lowest BCUT2D eigenvalue weighted by Crippen LogP contribution is -2.62. The van der Waals surface area contributed by atoms with Gasteiger partial charge in [-0.05, 0) is 49.4 Å². The molecule has 1 aliphatic heterocycles. The molecular weight excluding hydrogens is 208 g/mol. The van der Waals surface area contributed by atoms with E-state index in [1.165, 1.54) is 45.2 Å². The summed E-state index contributed by atoms with van der Waals surface area (Å²) in [7, 11) is 0. The zero-order valence-corrected chi connectivity index (χ0v) is 11.5. The van der Waals surface area contributed by atoms with Crippen LogP contribution in [-0.4, -0.2) is 30.1 Å². The molecule has 0 aromatic carbocycles. The van der Waals surface area contributed by atoms with Crippen molar-refractivity contribution < 1.29 is 0 Å². The van der Waals surface area contributed by atoms with Crippen LogP contribution in [-0.2, 0) is 0 Å². The minimum absolute atomic E-state index is 0.402. The number of nitrogens with zero attached hydrogens (tertiary/aromatic N) is 1. The Balaban J connectivity index is 1.64. The molecule has 0 aromatic heterocycles. The van der Waals surface area contributed by atoms with Gasteiger partial charge in [0.2, 0.25) is 0 Å². The third-order valence-electron chi connectivity index (χ3n) is 6.00. The topological polar surface area (TPSA) is 29.3 Å². The zero-order chi connectivity index (χ0) is 12.0. The second kappa shape index (κ2) is 4.24. The van der Waals surface area contributed by atoms with Crippen LogP contribution < -0.4 is 5.73 Å². The third kappa shape index (κ3) is 1.84. The van der Waals surface area contributed by atoms with Crippen molar-refractivity contribution in [2.75, 3.05) is 19.6 Å². The van der Waals surface area contributed by atoms with Gasteiger partial charge in [-0.15, -0.1) is 0 Å². The van der Waals surface area contributed by atoms with E-state index in [-0.39, 0.29) is 0 Å². The van der Waals surface area contributed by atoms with Crippen molar-refractivity contribution in [1.82, 2.24) is 4.90 Å². The van der Waals surface area contributed by atoms with Gasteiger partial charge in [0.25, 0.3) is 0 Å². The number of rotatable bonds is 3. The van der Waals surface area contributed by atoms with Crippen molar-refractivity contribution in [1.29, 1.82) is 0 Å². The SMILES string of the molecule is CC(C)C1CC(CN)(N2CC3CCCC3C2)C1. The fraction of sp³-hybridized carbons (Fsp3) is 1.00. The van der Waals surface area contributed by atoms with Gasteiger partial charge in [0.05, 0.1) is 0 Å². The molecule has 0 amide bonds. The van der Waals surface area contributed by atoms with Gasteiger partial charge in [0.1, 0.15) is 0 Å². The standard InChI is InChI=1S/C15H28N2/c1-11(2)14-6-15(7-14,10-16)17-8-12-4-3-5-13(12)9-17/h11-14H,3-10,16H2,1-2H3. The summed E-state index contributed by atoms with van der Waals surface area (Å²) < 4.78 is 0. The first-order valence-electron chi connectivity index (χ1n) is 7.60. The highest BCUT2D eigenvalue weighted by Gasteiger charge is 2.52. The first-order chi connectivity index (χ1) is 8.14. The monoisotopic (exact) mass is 236 g/mol. The molecule has 3 rings (SSSR count). The van der Waals surface area contributed by atoms with Gasteiger partial charge in [-0.25, -0.2) is 0 Å². The maximum atomic E-state index is 6.12. The number of hydrogen-bond donors (Lipinski definition) is 1. The Bertz CT molecular complexity index is 269. The van der Waals surface area contributed by atoms with E-state index in [9.17, 15) is 0 Å². The summed E-state index contributed by atoms with van der Waals surface area (Å²) in [5.41, 5.74) is 6.52. The molecule has 3 fully saturated rings. The lowest BCUT2D eigenvalue weighted by Gasteiger charge is -2.54. The summed E-state index contributed by atoms with van der Waals surface area (Å²) in [5.74, 6) is 3.80. The van der Waals surface area contributed by atoms with Crippen LogP contribution in [0.25, 0.3) is 0 Å². The van der Waals surface area contributed by atoms with Crippen LogP contribution in [0.4, 0.5) is 0 Å². The van der Waals surface area contributed by atoms with Crippen LogP contribution in [0.3, 0.4) is 0 Å². The Morgan fingerprint density at radius 2 is 1.76 bits per heavy atom. The molecule has 0 aromatic rings. The highest BCUT2D eigenvalue weighted by atomic mass is 15.2. The molecule has 2 saturated carbocycles. The van der Waals surface area contributed by atoms with E-state index in [0.29, 0.717) is 5.54 Å². The van der Waals surface area contributed by atoms with Crippen molar-refractivity contribution in [3.8, 4) is 0 Å². The van der Waals surface area contributed by atoms with Gasteiger partial charge < -0.3 is 5.73 Å². The molecule has 2 unspecified atom stereocenters. The Morgan fingerprint density at radius 3 is 2.24 bits per heavy atom. The van der Waals surface area contributed by atoms with Crippen molar-refractivity contribution in [2.24, 2.45) is 29.4 Å². The average Bonchev–Trinajstić information content (AvgIpc) is 2.76. The second-order valence-electron chi connectivity index (χ2n) is 7.20. The Morgan fingerprint density at radius 1 is 1.18 bits per heavy atom.